The third-order valence-corrected chi connectivity index (χ3v) is 2.93. The van der Waals surface area contributed by atoms with Gasteiger partial charge in [-0.15, -0.1) is 0 Å². The first kappa shape index (κ1) is 12.4. The summed E-state index contributed by atoms with van der Waals surface area (Å²) in [6.45, 7) is 4.11. The van der Waals surface area contributed by atoms with E-state index in [1.54, 1.807) is 18.3 Å². The Hall–Kier alpha value is -2.09. The zero-order valence-electron chi connectivity index (χ0n) is 10.7. The van der Waals surface area contributed by atoms with E-state index in [4.69, 9.17) is 0 Å². The van der Waals surface area contributed by atoms with Crippen molar-refractivity contribution in [2.45, 2.75) is 19.9 Å². The van der Waals surface area contributed by atoms with Crippen molar-refractivity contribution in [3.05, 3.63) is 65.2 Å². The van der Waals surface area contributed by atoms with Crippen molar-refractivity contribution in [2.24, 2.45) is 4.99 Å². The van der Waals surface area contributed by atoms with Crippen molar-refractivity contribution in [1.82, 2.24) is 0 Å². The first-order chi connectivity index (χ1) is 8.66. The highest BCUT2D eigenvalue weighted by Crippen LogP contribution is 2.19. The van der Waals surface area contributed by atoms with Gasteiger partial charge in [0, 0.05) is 11.8 Å². The van der Waals surface area contributed by atoms with E-state index in [2.05, 4.69) is 36.2 Å². The zero-order valence-corrected chi connectivity index (χ0v) is 10.7. The van der Waals surface area contributed by atoms with Crippen molar-refractivity contribution in [3.63, 3.8) is 0 Å². The molecule has 1 N–H and O–H groups in total. The summed E-state index contributed by atoms with van der Waals surface area (Å²) in [5, 5.41) is 9.64. The third kappa shape index (κ3) is 2.98. The van der Waals surface area contributed by atoms with Gasteiger partial charge in [-0.3, -0.25) is 4.99 Å². The smallest absolute Gasteiger partial charge is 0.124 e. The second-order valence-corrected chi connectivity index (χ2v) is 4.42. The molecule has 1 unspecified atom stereocenters. The molecule has 0 aliphatic rings. The predicted molar refractivity (Wildman–Crippen MR) is 75.3 cm³/mol. The summed E-state index contributed by atoms with van der Waals surface area (Å²) in [5.74, 6) is 0.261. The number of hydrogen-bond acceptors (Lipinski definition) is 2. The zero-order chi connectivity index (χ0) is 13.0. The molecule has 0 fully saturated rings. The highest BCUT2D eigenvalue weighted by molar-refractivity contribution is 5.83. The quantitative estimate of drug-likeness (QED) is 0.810. The van der Waals surface area contributed by atoms with Crippen LogP contribution < -0.4 is 0 Å². The number of aromatic hydroxyl groups is 1. The van der Waals surface area contributed by atoms with Crippen molar-refractivity contribution < 1.29 is 5.11 Å². The number of benzene rings is 2. The number of phenolic OH excluding ortho intramolecular Hbond substituents is 1. The van der Waals surface area contributed by atoms with Crippen LogP contribution in [-0.4, -0.2) is 11.3 Å². The molecule has 2 aromatic rings. The molecule has 0 radical (unpaired) electrons. The van der Waals surface area contributed by atoms with Gasteiger partial charge in [0.2, 0.25) is 0 Å². The lowest BCUT2D eigenvalue weighted by Gasteiger charge is -2.07. The van der Waals surface area contributed by atoms with Gasteiger partial charge in [-0.05, 0) is 31.5 Å². The Labute approximate surface area is 108 Å². The number of aryl methyl sites for hydroxylation is 1. The Morgan fingerprint density at radius 3 is 2.39 bits per heavy atom. The number of para-hydroxylation sites is 1. The maximum atomic E-state index is 9.64. The highest BCUT2D eigenvalue weighted by Gasteiger charge is 2.02. The number of aliphatic imine (C=N–C) groups is 1. The lowest BCUT2D eigenvalue weighted by Crippen LogP contribution is -1.91. The fourth-order valence-corrected chi connectivity index (χ4v) is 1.72. The minimum Gasteiger partial charge on any atom is -0.507 e. The van der Waals surface area contributed by atoms with Gasteiger partial charge in [0.05, 0.1) is 6.04 Å². The molecule has 0 saturated carbocycles. The Kier molecular flexibility index (Phi) is 3.78. The molecule has 1 atom stereocenters. The van der Waals surface area contributed by atoms with E-state index in [0.29, 0.717) is 0 Å². The molecule has 0 bridgehead atoms. The van der Waals surface area contributed by atoms with Gasteiger partial charge < -0.3 is 5.11 Å². The lowest BCUT2D eigenvalue weighted by atomic mass is 10.1. The first-order valence-corrected chi connectivity index (χ1v) is 6.04. The maximum Gasteiger partial charge on any atom is 0.124 e. The average Bonchev–Trinajstić information content (AvgIpc) is 2.38. The Morgan fingerprint density at radius 2 is 1.72 bits per heavy atom. The van der Waals surface area contributed by atoms with Crippen LogP contribution in [0.4, 0.5) is 0 Å². The predicted octanol–water partition coefficient (Wildman–Crippen LogP) is 3.88. The first-order valence-electron chi connectivity index (χ1n) is 6.04. The summed E-state index contributed by atoms with van der Waals surface area (Å²) in [7, 11) is 0. The molecule has 0 heterocycles. The van der Waals surface area contributed by atoms with Gasteiger partial charge in [0.1, 0.15) is 5.75 Å². The van der Waals surface area contributed by atoms with E-state index in [9.17, 15) is 5.11 Å². The monoisotopic (exact) mass is 239 g/mol. The number of nitrogens with zero attached hydrogens (tertiary/aromatic N) is 1. The van der Waals surface area contributed by atoms with Crippen molar-refractivity contribution in [3.8, 4) is 5.75 Å². The van der Waals surface area contributed by atoms with Crippen LogP contribution in [0, 0.1) is 6.92 Å². The van der Waals surface area contributed by atoms with Crippen molar-refractivity contribution in [1.29, 1.82) is 0 Å². The van der Waals surface area contributed by atoms with Crippen LogP contribution in [0.5, 0.6) is 5.75 Å². The van der Waals surface area contributed by atoms with Crippen LogP contribution in [0.3, 0.4) is 0 Å². The topological polar surface area (TPSA) is 32.6 Å². The second-order valence-electron chi connectivity index (χ2n) is 4.42. The van der Waals surface area contributed by atoms with Gasteiger partial charge in [-0.2, -0.15) is 0 Å². The van der Waals surface area contributed by atoms with Crippen LogP contribution in [0.15, 0.2) is 53.5 Å². The molecule has 92 valence electrons. The highest BCUT2D eigenvalue weighted by atomic mass is 16.3. The van der Waals surface area contributed by atoms with Gasteiger partial charge in [-0.25, -0.2) is 0 Å². The molecular weight excluding hydrogens is 222 g/mol. The molecule has 0 aliphatic heterocycles. The van der Waals surface area contributed by atoms with E-state index in [1.165, 1.54) is 11.1 Å². The van der Waals surface area contributed by atoms with Gasteiger partial charge >= 0.3 is 0 Å². The molecule has 0 aromatic heterocycles. The average molecular weight is 239 g/mol. The van der Waals surface area contributed by atoms with Gasteiger partial charge in [-0.1, -0.05) is 42.0 Å². The molecule has 0 aliphatic carbocycles. The SMILES string of the molecule is Cc1ccc(C(C)N=Cc2ccccc2O)cc1. The number of phenols is 1. The van der Waals surface area contributed by atoms with E-state index in [1.807, 2.05) is 19.1 Å². The van der Waals surface area contributed by atoms with Crippen molar-refractivity contribution in [2.75, 3.05) is 0 Å². The van der Waals surface area contributed by atoms with Crippen LogP contribution in [0.2, 0.25) is 0 Å². The van der Waals surface area contributed by atoms with Gasteiger partial charge in [0.25, 0.3) is 0 Å². The summed E-state index contributed by atoms with van der Waals surface area (Å²) in [4.78, 5) is 4.47. The number of hydrogen-bond donors (Lipinski definition) is 1. The summed E-state index contributed by atoms with van der Waals surface area (Å²) in [6, 6.07) is 15.6. The molecule has 18 heavy (non-hydrogen) atoms. The fourth-order valence-electron chi connectivity index (χ4n) is 1.72. The molecule has 2 heteroatoms. The third-order valence-electron chi connectivity index (χ3n) is 2.93. The summed E-state index contributed by atoms with van der Waals surface area (Å²) < 4.78 is 0. The molecule has 2 rings (SSSR count). The maximum absolute atomic E-state index is 9.64. The second kappa shape index (κ2) is 5.50. The van der Waals surface area contributed by atoms with Crippen LogP contribution >= 0.6 is 0 Å². The Morgan fingerprint density at radius 1 is 1.06 bits per heavy atom. The standard InChI is InChI=1S/C16H17NO/c1-12-7-9-14(10-8-12)13(2)17-11-15-5-3-4-6-16(15)18/h3-11,13,18H,1-2H3. The van der Waals surface area contributed by atoms with E-state index in [-0.39, 0.29) is 11.8 Å². The minimum absolute atomic E-state index is 0.0882. The largest absolute Gasteiger partial charge is 0.507 e. The minimum atomic E-state index is 0.0882. The fraction of sp³-hybridized carbons (Fsp3) is 0.188. The lowest BCUT2D eigenvalue weighted by molar-refractivity contribution is 0.474. The molecule has 2 aromatic carbocycles. The summed E-state index contributed by atoms with van der Waals surface area (Å²) >= 11 is 0. The number of rotatable bonds is 3. The Bertz CT molecular complexity index is 543. The Balaban J connectivity index is 2.14. The van der Waals surface area contributed by atoms with Gasteiger partial charge in [0.15, 0.2) is 0 Å². The van der Waals surface area contributed by atoms with E-state index < -0.39 is 0 Å². The van der Waals surface area contributed by atoms with E-state index >= 15 is 0 Å². The van der Waals surface area contributed by atoms with Crippen LogP contribution in [0.1, 0.15) is 29.7 Å². The van der Waals surface area contributed by atoms with E-state index in [0.717, 1.165) is 5.56 Å². The molecule has 0 spiro atoms. The normalized spacial score (nSPS) is 12.8. The molecule has 2 nitrogen and oxygen atoms in total. The summed E-state index contributed by atoms with van der Waals surface area (Å²) in [6.07, 6.45) is 1.72. The molecule has 0 amide bonds. The molecule has 0 saturated heterocycles. The van der Waals surface area contributed by atoms with Crippen LogP contribution in [0.25, 0.3) is 0 Å². The summed E-state index contributed by atoms with van der Waals surface area (Å²) in [5.41, 5.74) is 3.17. The van der Waals surface area contributed by atoms with Crippen molar-refractivity contribution >= 4 is 6.21 Å². The molecular formula is C16H17NO. The van der Waals surface area contributed by atoms with Crippen LogP contribution in [-0.2, 0) is 0 Å².